The number of fused-ring (bicyclic) bond motifs is 4. The molecule has 0 unspecified atom stereocenters. The Morgan fingerprint density at radius 3 is 0.781 bits per heavy atom. The smallest absolute Gasteiger partial charge is 0.150 e. The molecule has 32 heavy (non-hydrogen) atoms. The van der Waals surface area contributed by atoms with Crippen molar-refractivity contribution in [2.24, 2.45) is 0 Å². The van der Waals surface area contributed by atoms with Crippen molar-refractivity contribution in [2.45, 2.75) is 25.7 Å². The molecule has 5 rings (SSSR count). The first-order chi connectivity index (χ1) is 15.6. The SMILES string of the molecule is O=Cc1cc2cc3c(cc2cc1C=O)CCc1cc2cc(C=O)c(C=O)cc2cc1CC3. The predicted octanol–water partition coefficient (Wildman–Crippen LogP) is 5.13. The monoisotopic (exact) mass is 420 g/mol. The van der Waals surface area contributed by atoms with Gasteiger partial charge in [-0.05, 0) is 93.7 Å². The quantitative estimate of drug-likeness (QED) is 0.430. The maximum Gasteiger partial charge on any atom is 0.150 e. The fourth-order valence-corrected chi connectivity index (χ4v) is 4.84. The van der Waals surface area contributed by atoms with Gasteiger partial charge < -0.3 is 0 Å². The minimum atomic E-state index is 0.413. The van der Waals surface area contributed by atoms with Crippen molar-refractivity contribution in [3.8, 4) is 0 Å². The maximum atomic E-state index is 11.3. The molecular formula is C28H20O4. The molecule has 0 atom stereocenters. The van der Waals surface area contributed by atoms with E-state index < -0.39 is 0 Å². The van der Waals surface area contributed by atoms with Crippen molar-refractivity contribution >= 4 is 46.7 Å². The number of carbonyl (C=O) groups is 4. The lowest BCUT2D eigenvalue weighted by atomic mass is 9.85. The average molecular weight is 420 g/mol. The van der Waals surface area contributed by atoms with Gasteiger partial charge >= 0.3 is 0 Å². The molecule has 0 bridgehead atoms. The van der Waals surface area contributed by atoms with Gasteiger partial charge in [-0.25, -0.2) is 0 Å². The molecule has 1 aliphatic rings. The Balaban J connectivity index is 1.58. The molecule has 0 radical (unpaired) electrons. The summed E-state index contributed by atoms with van der Waals surface area (Å²) in [5.41, 5.74) is 6.67. The van der Waals surface area contributed by atoms with Gasteiger partial charge in [0.1, 0.15) is 0 Å². The Morgan fingerprint density at radius 1 is 0.375 bits per heavy atom. The number of hydrogen-bond donors (Lipinski definition) is 0. The summed E-state index contributed by atoms with van der Waals surface area (Å²) in [4.78, 5) is 45.4. The molecule has 0 saturated heterocycles. The first-order valence-electron chi connectivity index (χ1n) is 10.6. The Labute approximate surface area is 184 Å². The molecule has 4 heteroatoms. The minimum Gasteiger partial charge on any atom is -0.298 e. The zero-order chi connectivity index (χ0) is 22.2. The number of carbonyl (C=O) groups excluding carboxylic acids is 4. The number of aldehydes is 4. The molecule has 4 aromatic carbocycles. The fraction of sp³-hybridized carbons (Fsp3) is 0.143. The van der Waals surface area contributed by atoms with Crippen LogP contribution in [0.3, 0.4) is 0 Å². The van der Waals surface area contributed by atoms with Crippen LogP contribution in [0.4, 0.5) is 0 Å². The van der Waals surface area contributed by atoms with Gasteiger partial charge in [0.15, 0.2) is 25.1 Å². The third kappa shape index (κ3) is 3.34. The molecule has 4 aromatic rings. The summed E-state index contributed by atoms with van der Waals surface area (Å²) in [6.07, 6.45) is 6.36. The van der Waals surface area contributed by atoms with Crippen molar-refractivity contribution in [1.29, 1.82) is 0 Å². The largest absolute Gasteiger partial charge is 0.298 e. The van der Waals surface area contributed by atoms with Crippen LogP contribution in [0.1, 0.15) is 63.7 Å². The average Bonchev–Trinajstić information content (AvgIpc) is 2.82. The van der Waals surface area contributed by atoms with E-state index in [1.165, 1.54) is 22.3 Å². The van der Waals surface area contributed by atoms with Gasteiger partial charge in [-0.3, -0.25) is 19.2 Å². The van der Waals surface area contributed by atoms with E-state index in [0.717, 1.165) is 72.4 Å². The second-order valence-corrected chi connectivity index (χ2v) is 8.37. The highest BCUT2D eigenvalue weighted by atomic mass is 16.1. The van der Waals surface area contributed by atoms with E-state index in [9.17, 15) is 19.2 Å². The van der Waals surface area contributed by atoms with Crippen LogP contribution in [-0.4, -0.2) is 25.1 Å². The highest BCUT2D eigenvalue weighted by Gasteiger charge is 2.15. The van der Waals surface area contributed by atoms with Crippen LogP contribution in [0.25, 0.3) is 21.5 Å². The molecule has 0 heterocycles. The summed E-state index contributed by atoms with van der Waals surface area (Å²) >= 11 is 0. The molecule has 0 spiro atoms. The molecule has 4 nitrogen and oxygen atoms in total. The van der Waals surface area contributed by atoms with Gasteiger partial charge in [0.25, 0.3) is 0 Å². The summed E-state index contributed by atoms with van der Waals surface area (Å²) in [5, 5.41) is 3.86. The third-order valence-corrected chi connectivity index (χ3v) is 6.56. The van der Waals surface area contributed by atoms with Gasteiger partial charge in [-0.1, -0.05) is 24.3 Å². The van der Waals surface area contributed by atoms with E-state index in [0.29, 0.717) is 22.3 Å². The van der Waals surface area contributed by atoms with Crippen LogP contribution < -0.4 is 0 Å². The third-order valence-electron chi connectivity index (χ3n) is 6.56. The van der Waals surface area contributed by atoms with E-state index in [1.807, 2.05) is 0 Å². The standard InChI is InChI=1S/C28H20O4/c29-13-25-9-21-5-17-1-2-18-6-22-10-26(14-30)28(16-32)12-24(22)8-20(18)4-3-19(17)7-23(21)11-27(25)15-31/h5-16H,1-4H2. The first-order valence-corrected chi connectivity index (χ1v) is 10.6. The van der Waals surface area contributed by atoms with Crippen LogP contribution in [0, 0.1) is 0 Å². The van der Waals surface area contributed by atoms with Gasteiger partial charge in [-0.2, -0.15) is 0 Å². The topological polar surface area (TPSA) is 68.3 Å². The van der Waals surface area contributed by atoms with Gasteiger partial charge in [0.2, 0.25) is 0 Å². The molecule has 0 amide bonds. The van der Waals surface area contributed by atoms with E-state index >= 15 is 0 Å². The lowest BCUT2D eigenvalue weighted by Crippen LogP contribution is -2.07. The Kier molecular flexibility index (Phi) is 4.98. The van der Waals surface area contributed by atoms with Crippen LogP contribution >= 0.6 is 0 Å². The molecule has 0 fully saturated rings. The van der Waals surface area contributed by atoms with Crippen LogP contribution in [0.15, 0.2) is 48.5 Å². The molecule has 0 aliphatic heterocycles. The lowest BCUT2D eigenvalue weighted by Gasteiger charge is -2.19. The second kappa shape index (κ2) is 7.97. The van der Waals surface area contributed by atoms with Crippen molar-refractivity contribution in [2.75, 3.05) is 0 Å². The molecule has 0 N–H and O–H groups in total. The number of hydrogen-bond acceptors (Lipinski definition) is 4. The summed E-state index contributed by atoms with van der Waals surface area (Å²) < 4.78 is 0. The lowest BCUT2D eigenvalue weighted by molar-refractivity contribution is 0.109. The first kappa shape index (κ1) is 20.0. The van der Waals surface area contributed by atoms with Gasteiger partial charge in [0.05, 0.1) is 0 Å². The van der Waals surface area contributed by atoms with Crippen molar-refractivity contribution < 1.29 is 19.2 Å². The minimum absolute atomic E-state index is 0.413. The summed E-state index contributed by atoms with van der Waals surface area (Å²) in [6, 6.07) is 15.7. The molecule has 156 valence electrons. The molecule has 0 aromatic heterocycles. The zero-order valence-corrected chi connectivity index (χ0v) is 17.4. The Hall–Kier alpha value is -3.92. The summed E-state index contributed by atoms with van der Waals surface area (Å²) in [7, 11) is 0. The second-order valence-electron chi connectivity index (χ2n) is 8.37. The predicted molar refractivity (Wildman–Crippen MR) is 124 cm³/mol. The normalized spacial score (nSPS) is 13.0. The van der Waals surface area contributed by atoms with E-state index in [2.05, 4.69) is 24.3 Å². The molecule has 1 aliphatic carbocycles. The van der Waals surface area contributed by atoms with Crippen LogP contribution in [0.5, 0.6) is 0 Å². The van der Waals surface area contributed by atoms with E-state index in [1.54, 1.807) is 24.3 Å². The van der Waals surface area contributed by atoms with E-state index in [-0.39, 0.29) is 0 Å². The zero-order valence-electron chi connectivity index (χ0n) is 17.4. The van der Waals surface area contributed by atoms with Crippen molar-refractivity contribution in [3.05, 3.63) is 93.0 Å². The molecular weight excluding hydrogens is 400 g/mol. The van der Waals surface area contributed by atoms with E-state index in [4.69, 9.17) is 0 Å². The van der Waals surface area contributed by atoms with Crippen molar-refractivity contribution in [1.82, 2.24) is 0 Å². The van der Waals surface area contributed by atoms with Gasteiger partial charge in [0, 0.05) is 22.3 Å². The maximum absolute atomic E-state index is 11.3. The highest BCUT2D eigenvalue weighted by Crippen LogP contribution is 2.30. The summed E-state index contributed by atoms with van der Waals surface area (Å²) in [5.74, 6) is 0. The number of benzene rings is 4. The number of aryl methyl sites for hydroxylation is 4. The summed E-state index contributed by atoms with van der Waals surface area (Å²) in [6.45, 7) is 0. The van der Waals surface area contributed by atoms with Crippen molar-refractivity contribution in [3.63, 3.8) is 0 Å². The Morgan fingerprint density at radius 2 is 0.594 bits per heavy atom. The van der Waals surface area contributed by atoms with Gasteiger partial charge in [-0.15, -0.1) is 0 Å². The molecule has 0 saturated carbocycles. The van der Waals surface area contributed by atoms with Crippen LogP contribution in [0.2, 0.25) is 0 Å². The highest BCUT2D eigenvalue weighted by molar-refractivity contribution is 6.00. The van der Waals surface area contributed by atoms with Crippen LogP contribution in [-0.2, 0) is 25.7 Å². The fourth-order valence-electron chi connectivity index (χ4n) is 4.84. The Bertz CT molecular complexity index is 1230. The number of rotatable bonds is 4.